The molecule has 25 heavy (non-hydrogen) atoms. The fourth-order valence-corrected chi connectivity index (χ4v) is 6.50. The Balaban J connectivity index is 1.74. The SMILES string of the molecule is C[C@@H](NS(=O)(=O)c1ccc(S(=O)(=O)N(C)C)cc1)[C@@H]1C[C@H]2CC[C@H]1C2. The molecule has 2 saturated carbocycles. The molecule has 1 aromatic rings. The molecule has 0 aromatic heterocycles. The standard InChI is InChI=1S/C17H26N2O4S2/c1-12(17-11-13-4-5-14(17)10-13)18-24(20,21)15-6-8-16(9-7-15)25(22,23)19(2)3/h6-9,12-14,17-18H,4-5,10-11H2,1-3H3/t12-,13+,14+,17+/m1/s1. The largest absolute Gasteiger partial charge is 0.242 e. The third-order valence-electron chi connectivity index (χ3n) is 5.69. The average Bonchev–Trinajstić information content (AvgIpc) is 3.17. The van der Waals surface area contributed by atoms with Crippen LogP contribution in [0.5, 0.6) is 0 Å². The van der Waals surface area contributed by atoms with Gasteiger partial charge in [-0.1, -0.05) is 6.42 Å². The van der Waals surface area contributed by atoms with Crippen LogP contribution in [0.1, 0.15) is 32.6 Å². The lowest BCUT2D eigenvalue weighted by Gasteiger charge is -2.28. The summed E-state index contributed by atoms with van der Waals surface area (Å²) in [6.45, 7) is 1.94. The van der Waals surface area contributed by atoms with E-state index in [9.17, 15) is 16.8 Å². The van der Waals surface area contributed by atoms with Gasteiger partial charge < -0.3 is 0 Å². The molecule has 0 radical (unpaired) electrons. The number of fused-ring (bicyclic) bond motifs is 2. The van der Waals surface area contributed by atoms with Crippen LogP contribution in [0.2, 0.25) is 0 Å². The Hall–Kier alpha value is -0.960. The van der Waals surface area contributed by atoms with Gasteiger partial charge in [0.05, 0.1) is 9.79 Å². The first-order chi connectivity index (χ1) is 11.6. The predicted octanol–water partition coefficient (Wildman–Crippen LogP) is 2.04. The van der Waals surface area contributed by atoms with Crippen LogP contribution in [0.15, 0.2) is 34.1 Å². The molecule has 4 atom stereocenters. The van der Waals surface area contributed by atoms with Gasteiger partial charge in [0.25, 0.3) is 0 Å². The van der Waals surface area contributed by atoms with Gasteiger partial charge in [0, 0.05) is 20.1 Å². The zero-order valence-electron chi connectivity index (χ0n) is 14.8. The highest BCUT2D eigenvalue weighted by Gasteiger charge is 2.42. The molecule has 0 aliphatic heterocycles. The second-order valence-corrected chi connectivity index (χ2v) is 11.4. The van der Waals surface area contributed by atoms with Crippen LogP contribution in [0.4, 0.5) is 0 Å². The number of nitrogens with zero attached hydrogens (tertiary/aromatic N) is 1. The van der Waals surface area contributed by atoms with Gasteiger partial charge in [-0.2, -0.15) is 0 Å². The molecule has 0 spiro atoms. The highest BCUT2D eigenvalue weighted by atomic mass is 32.2. The lowest BCUT2D eigenvalue weighted by molar-refractivity contribution is 0.280. The first-order valence-electron chi connectivity index (χ1n) is 8.66. The molecule has 2 bridgehead atoms. The van der Waals surface area contributed by atoms with Gasteiger partial charge in [-0.05, 0) is 68.2 Å². The third-order valence-corrected chi connectivity index (χ3v) is 9.09. The fraction of sp³-hybridized carbons (Fsp3) is 0.647. The summed E-state index contributed by atoms with van der Waals surface area (Å²) in [6, 6.07) is 5.28. The summed E-state index contributed by atoms with van der Waals surface area (Å²) in [5, 5.41) is 0. The molecule has 0 heterocycles. The maximum Gasteiger partial charge on any atom is 0.242 e. The Morgan fingerprint density at radius 3 is 2.08 bits per heavy atom. The number of benzene rings is 1. The first-order valence-corrected chi connectivity index (χ1v) is 11.6. The van der Waals surface area contributed by atoms with E-state index in [1.807, 2.05) is 6.92 Å². The van der Waals surface area contributed by atoms with Crippen molar-refractivity contribution in [3.63, 3.8) is 0 Å². The van der Waals surface area contributed by atoms with Crippen molar-refractivity contribution in [1.29, 1.82) is 0 Å². The van der Waals surface area contributed by atoms with Gasteiger partial charge >= 0.3 is 0 Å². The average molecular weight is 387 g/mol. The van der Waals surface area contributed by atoms with Crippen molar-refractivity contribution in [1.82, 2.24) is 9.03 Å². The molecule has 0 saturated heterocycles. The Morgan fingerprint density at radius 2 is 1.60 bits per heavy atom. The van der Waals surface area contributed by atoms with Crippen molar-refractivity contribution in [2.45, 2.75) is 48.4 Å². The minimum absolute atomic E-state index is 0.0811. The molecular weight excluding hydrogens is 360 g/mol. The minimum Gasteiger partial charge on any atom is -0.208 e. The lowest BCUT2D eigenvalue weighted by Crippen LogP contribution is -2.40. The predicted molar refractivity (Wildman–Crippen MR) is 96.0 cm³/mol. The summed E-state index contributed by atoms with van der Waals surface area (Å²) in [5.41, 5.74) is 0. The van der Waals surface area contributed by atoms with E-state index in [4.69, 9.17) is 0 Å². The molecular formula is C17H26N2O4S2. The van der Waals surface area contributed by atoms with Crippen molar-refractivity contribution in [3.05, 3.63) is 24.3 Å². The minimum atomic E-state index is -3.65. The molecule has 1 aromatic carbocycles. The molecule has 0 unspecified atom stereocenters. The topological polar surface area (TPSA) is 83.5 Å². The van der Waals surface area contributed by atoms with E-state index in [0.717, 1.165) is 16.6 Å². The van der Waals surface area contributed by atoms with Gasteiger partial charge in [-0.25, -0.2) is 25.9 Å². The van der Waals surface area contributed by atoms with Gasteiger partial charge in [0.1, 0.15) is 0 Å². The van der Waals surface area contributed by atoms with Gasteiger partial charge in [0.2, 0.25) is 20.0 Å². The van der Waals surface area contributed by atoms with Crippen molar-refractivity contribution in [2.24, 2.45) is 17.8 Å². The number of nitrogens with one attached hydrogen (secondary N) is 1. The summed E-state index contributed by atoms with van der Waals surface area (Å²) >= 11 is 0. The van der Waals surface area contributed by atoms with E-state index in [2.05, 4.69) is 4.72 Å². The fourth-order valence-electron chi connectivity index (χ4n) is 4.31. The zero-order chi connectivity index (χ0) is 18.4. The lowest BCUT2D eigenvalue weighted by atomic mass is 9.84. The Bertz CT molecular complexity index is 832. The van der Waals surface area contributed by atoms with E-state index < -0.39 is 20.0 Å². The summed E-state index contributed by atoms with van der Waals surface area (Å²) < 4.78 is 53.3. The molecule has 1 N–H and O–H groups in total. The van der Waals surface area contributed by atoms with Gasteiger partial charge in [-0.3, -0.25) is 0 Å². The summed E-state index contributed by atoms with van der Waals surface area (Å²) in [4.78, 5) is 0.179. The number of sulfonamides is 2. The van der Waals surface area contributed by atoms with Crippen LogP contribution < -0.4 is 4.72 Å². The highest BCUT2D eigenvalue weighted by molar-refractivity contribution is 7.89. The van der Waals surface area contributed by atoms with E-state index >= 15 is 0 Å². The normalized spacial score (nSPS) is 27.8. The Kier molecular flexibility index (Phi) is 5.00. The monoisotopic (exact) mass is 386 g/mol. The van der Waals surface area contributed by atoms with Crippen LogP contribution in [-0.2, 0) is 20.0 Å². The summed E-state index contributed by atoms with van der Waals surface area (Å²) in [7, 11) is -4.33. The van der Waals surface area contributed by atoms with E-state index in [1.165, 1.54) is 57.6 Å². The van der Waals surface area contributed by atoms with E-state index in [0.29, 0.717) is 11.8 Å². The van der Waals surface area contributed by atoms with Crippen LogP contribution in [0.3, 0.4) is 0 Å². The number of hydrogen-bond acceptors (Lipinski definition) is 4. The van der Waals surface area contributed by atoms with Crippen LogP contribution in [-0.4, -0.2) is 41.3 Å². The van der Waals surface area contributed by atoms with Crippen molar-refractivity contribution in [2.75, 3.05) is 14.1 Å². The first kappa shape index (κ1) is 18.8. The summed E-state index contributed by atoms with van der Waals surface area (Å²) in [5.74, 6) is 1.80. The molecule has 2 aliphatic rings. The van der Waals surface area contributed by atoms with E-state index in [1.54, 1.807) is 0 Å². The molecule has 0 amide bonds. The number of rotatable bonds is 6. The zero-order valence-corrected chi connectivity index (χ0v) is 16.5. The molecule has 8 heteroatoms. The highest BCUT2D eigenvalue weighted by Crippen LogP contribution is 2.49. The van der Waals surface area contributed by atoms with Gasteiger partial charge in [-0.15, -0.1) is 0 Å². The van der Waals surface area contributed by atoms with Crippen molar-refractivity contribution < 1.29 is 16.8 Å². The van der Waals surface area contributed by atoms with E-state index in [-0.39, 0.29) is 15.8 Å². The number of hydrogen-bond donors (Lipinski definition) is 1. The quantitative estimate of drug-likeness (QED) is 0.811. The second kappa shape index (κ2) is 6.64. The van der Waals surface area contributed by atoms with Crippen molar-refractivity contribution in [3.8, 4) is 0 Å². The maximum absolute atomic E-state index is 12.6. The molecule has 3 rings (SSSR count). The molecule has 2 fully saturated rings. The summed E-state index contributed by atoms with van der Waals surface area (Å²) in [6.07, 6.45) is 4.82. The Labute approximate surface area is 150 Å². The third kappa shape index (κ3) is 3.63. The maximum atomic E-state index is 12.6. The van der Waals surface area contributed by atoms with Crippen LogP contribution in [0.25, 0.3) is 0 Å². The van der Waals surface area contributed by atoms with Gasteiger partial charge in [0.15, 0.2) is 0 Å². The molecule has 6 nitrogen and oxygen atoms in total. The van der Waals surface area contributed by atoms with Crippen LogP contribution >= 0.6 is 0 Å². The van der Waals surface area contributed by atoms with Crippen LogP contribution in [0, 0.1) is 17.8 Å². The second-order valence-electron chi connectivity index (χ2n) is 7.51. The molecule has 140 valence electrons. The smallest absolute Gasteiger partial charge is 0.208 e. The Morgan fingerprint density at radius 1 is 1.00 bits per heavy atom. The molecule has 2 aliphatic carbocycles. The van der Waals surface area contributed by atoms with Crippen molar-refractivity contribution >= 4 is 20.0 Å².